The Labute approximate surface area is 150 Å². The monoisotopic (exact) mass is 358 g/mol. The number of benzene rings is 1. The number of unbranched alkanes of at least 4 members (excludes halogenated alkanes) is 1. The predicted molar refractivity (Wildman–Crippen MR) is 101 cm³/mol. The van der Waals surface area contributed by atoms with E-state index in [1.165, 1.54) is 0 Å². The average molecular weight is 358 g/mol. The lowest BCUT2D eigenvalue weighted by atomic mass is 10.0. The summed E-state index contributed by atoms with van der Waals surface area (Å²) in [6.45, 7) is 0. The number of hydrogen-bond donors (Lipinski definition) is 4. The van der Waals surface area contributed by atoms with Gasteiger partial charge in [-0.15, -0.1) is 0 Å². The Balaban J connectivity index is 1.19. The lowest BCUT2D eigenvalue weighted by Gasteiger charge is -2.16. The molecule has 2 fully saturated rings. The number of aromatic amines is 1. The van der Waals surface area contributed by atoms with Crippen LogP contribution in [0.4, 0.5) is 10.5 Å². The van der Waals surface area contributed by atoms with Gasteiger partial charge in [0.25, 0.3) is 0 Å². The third-order valence-electron chi connectivity index (χ3n) is 4.92. The van der Waals surface area contributed by atoms with Gasteiger partial charge in [0.15, 0.2) is 0 Å². The highest BCUT2D eigenvalue weighted by Gasteiger charge is 2.42. The number of amides is 3. The van der Waals surface area contributed by atoms with E-state index in [1.54, 1.807) is 0 Å². The summed E-state index contributed by atoms with van der Waals surface area (Å²) in [4.78, 5) is 26.6. The molecule has 0 aliphatic carbocycles. The van der Waals surface area contributed by atoms with Crippen molar-refractivity contribution in [3.63, 3.8) is 0 Å². The maximum Gasteiger partial charge on any atom is 0.315 e. The summed E-state index contributed by atoms with van der Waals surface area (Å²) in [7, 11) is 0. The fraction of sp³-hybridized carbons (Fsp3) is 0.444. The van der Waals surface area contributed by atoms with E-state index in [1.807, 2.05) is 42.2 Å². The van der Waals surface area contributed by atoms with Crippen molar-refractivity contribution in [1.82, 2.24) is 15.6 Å². The molecule has 0 saturated carbocycles. The molecule has 4 rings (SSSR count). The molecule has 4 N–H and O–H groups in total. The SMILES string of the molecule is O=C(CCCC[C@@H]1SC[C@H]2NC(=O)N[C@@H]12)Nc1ccc2cc[nH]c2c1. The smallest absolute Gasteiger partial charge is 0.315 e. The fourth-order valence-electron chi connectivity index (χ4n) is 3.62. The van der Waals surface area contributed by atoms with Crippen LogP contribution in [0.25, 0.3) is 10.9 Å². The summed E-state index contributed by atoms with van der Waals surface area (Å²) >= 11 is 1.92. The molecule has 0 radical (unpaired) electrons. The van der Waals surface area contributed by atoms with Crippen LogP contribution in [0.3, 0.4) is 0 Å². The van der Waals surface area contributed by atoms with E-state index in [9.17, 15) is 9.59 Å². The molecule has 0 spiro atoms. The van der Waals surface area contributed by atoms with Crippen molar-refractivity contribution in [2.45, 2.75) is 43.0 Å². The molecule has 7 heteroatoms. The van der Waals surface area contributed by atoms with Gasteiger partial charge in [0.1, 0.15) is 0 Å². The Kier molecular flexibility index (Phi) is 4.57. The molecule has 2 aliphatic heterocycles. The summed E-state index contributed by atoms with van der Waals surface area (Å²) in [6, 6.07) is 8.37. The normalized spacial score (nSPS) is 24.8. The van der Waals surface area contributed by atoms with Crippen molar-refractivity contribution >= 4 is 40.3 Å². The molecule has 3 heterocycles. The van der Waals surface area contributed by atoms with Gasteiger partial charge in [0.05, 0.1) is 12.1 Å². The topological polar surface area (TPSA) is 86.0 Å². The Morgan fingerprint density at radius 1 is 1.24 bits per heavy atom. The summed E-state index contributed by atoms with van der Waals surface area (Å²) in [5, 5.41) is 10.5. The minimum atomic E-state index is -0.0429. The first kappa shape index (κ1) is 16.3. The van der Waals surface area contributed by atoms with Gasteiger partial charge >= 0.3 is 6.03 Å². The van der Waals surface area contributed by atoms with E-state index < -0.39 is 0 Å². The standard InChI is InChI=1S/C18H22N4O2S/c23-16(20-12-6-5-11-7-8-19-13(11)9-12)4-2-1-3-15-17-14(10-25-15)21-18(24)22-17/h5-9,14-15,17,19H,1-4,10H2,(H,20,23)(H2,21,22,24)/t14-,15+,17-/m1/s1. The van der Waals surface area contributed by atoms with Gasteiger partial charge in [-0.05, 0) is 36.4 Å². The number of anilines is 1. The van der Waals surface area contributed by atoms with Gasteiger partial charge in [-0.1, -0.05) is 12.5 Å². The van der Waals surface area contributed by atoms with E-state index in [0.29, 0.717) is 11.7 Å². The van der Waals surface area contributed by atoms with Crippen molar-refractivity contribution < 1.29 is 9.59 Å². The van der Waals surface area contributed by atoms with E-state index in [2.05, 4.69) is 20.9 Å². The van der Waals surface area contributed by atoms with Crippen LogP contribution in [0, 0.1) is 0 Å². The Bertz CT molecular complexity index is 790. The van der Waals surface area contributed by atoms with E-state index in [0.717, 1.165) is 41.6 Å². The molecule has 3 atom stereocenters. The number of H-pyrrole nitrogens is 1. The maximum atomic E-state index is 12.1. The number of hydrogen-bond acceptors (Lipinski definition) is 3. The third-order valence-corrected chi connectivity index (χ3v) is 6.43. The van der Waals surface area contributed by atoms with Gasteiger partial charge in [-0.2, -0.15) is 11.8 Å². The molecule has 6 nitrogen and oxygen atoms in total. The minimum absolute atomic E-state index is 0.0429. The van der Waals surface area contributed by atoms with Crippen LogP contribution >= 0.6 is 11.8 Å². The number of aromatic nitrogens is 1. The second-order valence-corrected chi connectivity index (χ2v) is 7.97. The zero-order valence-corrected chi connectivity index (χ0v) is 14.7. The first-order chi connectivity index (χ1) is 12.2. The third kappa shape index (κ3) is 3.61. The zero-order valence-electron chi connectivity index (χ0n) is 13.9. The Hall–Kier alpha value is -2.15. The summed E-state index contributed by atoms with van der Waals surface area (Å²) < 4.78 is 0. The van der Waals surface area contributed by atoms with Crippen molar-refractivity contribution in [3.05, 3.63) is 30.5 Å². The highest BCUT2D eigenvalue weighted by molar-refractivity contribution is 8.00. The quantitative estimate of drug-likeness (QED) is 0.473. The number of carbonyl (C=O) groups is 2. The van der Waals surface area contributed by atoms with Gasteiger partial charge in [0.2, 0.25) is 5.91 Å². The molecule has 0 unspecified atom stereocenters. The minimum Gasteiger partial charge on any atom is -0.361 e. The second-order valence-electron chi connectivity index (χ2n) is 6.70. The van der Waals surface area contributed by atoms with E-state index >= 15 is 0 Å². The van der Waals surface area contributed by atoms with E-state index in [-0.39, 0.29) is 24.0 Å². The van der Waals surface area contributed by atoms with Gasteiger partial charge in [-0.3, -0.25) is 4.79 Å². The summed E-state index contributed by atoms with van der Waals surface area (Å²) in [6.07, 6.45) is 5.32. The van der Waals surface area contributed by atoms with Crippen molar-refractivity contribution in [3.8, 4) is 0 Å². The Morgan fingerprint density at radius 3 is 3.08 bits per heavy atom. The molecule has 3 amide bonds. The number of rotatable bonds is 6. The molecule has 25 heavy (non-hydrogen) atoms. The Morgan fingerprint density at radius 2 is 2.16 bits per heavy atom. The molecule has 2 aliphatic rings. The van der Waals surface area contributed by atoms with Gasteiger partial charge in [-0.25, -0.2) is 4.79 Å². The number of urea groups is 1. The first-order valence-electron chi connectivity index (χ1n) is 8.75. The maximum absolute atomic E-state index is 12.1. The predicted octanol–water partition coefficient (Wildman–Crippen LogP) is 2.83. The number of thioether (sulfide) groups is 1. The molecule has 0 bridgehead atoms. The van der Waals surface area contributed by atoms with Crippen LogP contribution in [0.2, 0.25) is 0 Å². The first-order valence-corrected chi connectivity index (χ1v) is 9.79. The van der Waals surface area contributed by atoms with Crippen LogP contribution in [-0.2, 0) is 4.79 Å². The molecular formula is C18H22N4O2S. The summed E-state index contributed by atoms with van der Waals surface area (Å²) in [5.74, 6) is 1.04. The van der Waals surface area contributed by atoms with Crippen LogP contribution in [0.15, 0.2) is 30.5 Å². The molecule has 1 aromatic heterocycles. The number of nitrogens with one attached hydrogen (secondary N) is 4. The van der Waals surface area contributed by atoms with Gasteiger partial charge in [0, 0.05) is 34.8 Å². The van der Waals surface area contributed by atoms with E-state index in [4.69, 9.17) is 0 Å². The lowest BCUT2D eigenvalue weighted by molar-refractivity contribution is -0.116. The van der Waals surface area contributed by atoms with Crippen molar-refractivity contribution in [2.24, 2.45) is 0 Å². The molecule has 2 aromatic rings. The molecule has 2 saturated heterocycles. The zero-order chi connectivity index (χ0) is 17.2. The molecule has 1 aromatic carbocycles. The molecular weight excluding hydrogens is 336 g/mol. The van der Waals surface area contributed by atoms with Crippen LogP contribution in [0.5, 0.6) is 0 Å². The van der Waals surface area contributed by atoms with Crippen molar-refractivity contribution in [1.29, 1.82) is 0 Å². The number of carbonyl (C=O) groups excluding carboxylic acids is 2. The van der Waals surface area contributed by atoms with Gasteiger partial charge < -0.3 is 20.9 Å². The highest BCUT2D eigenvalue weighted by atomic mass is 32.2. The highest BCUT2D eigenvalue weighted by Crippen LogP contribution is 2.33. The van der Waals surface area contributed by atoms with Crippen molar-refractivity contribution in [2.75, 3.05) is 11.1 Å². The number of fused-ring (bicyclic) bond motifs is 2. The van der Waals surface area contributed by atoms with Crippen LogP contribution < -0.4 is 16.0 Å². The second kappa shape index (κ2) is 7.00. The molecule has 132 valence electrons. The van der Waals surface area contributed by atoms with Crippen LogP contribution in [-0.4, -0.2) is 40.0 Å². The largest absolute Gasteiger partial charge is 0.361 e. The van der Waals surface area contributed by atoms with Crippen LogP contribution in [0.1, 0.15) is 25.7 Å². The summed E-state index contributed by atoms with van der Waals surface area (Å²) in [5.41, 5.74) is 1.85. The lowest BCUT2D eigenvalue weighted by Crippen LogP contribution is -2.36. The average Bonchev–Trinajstić information content (AvgIpc) is 3.27. The fourth-order valence-corrected chi connectivity index (χ4v) is 5.17.